The average Bonchev–Trinajstić information content (AvgIpc) is 2.84. The minimum absolute atomic E-state index is 0.165. The first-order valence-electron chi connectivity index (χ1n) is 5.64. The predicted octanol–water partition coefficient (Wildman–Crippen LogP) is 4.61. The number of benzene rings is 2. The number of fused-ring (bicyclic) bond motifs is 1. The Bertz CT molecular complexity index is 828. The van der Waals surface area contributed by atoms with Gasteiger partial charge in [0.25, 0.3) is 0 Å². The van der Waals surface area contributed by atoms with Crippen molar-refractivity contribution in [2.75, 3.05) is 0 Å². The van der Waals surface area contributed by atoms with E-state index < -0.39 is 5.97 Å². The van der Waals surface area contributed by atoms with E-state index in [1.807, 2.05) is 12.1 Å². The predicted molar refractivity (Wildman–Crippen MR) is 79.1 cm³/mol. The van der Waals surface area contributed by atoms with Crippen molar-refractivity contribution >= 4 is 44.6 Å². The lowest BCUT2D eigenvalue weighted by Gasteiger charge is -2.00. The van der Waals surface area contributed by atoms with Gasteiger partial charge in [0.05, 0.1) is 16.1 Å². The number of carbonyl (C=O) groups is 1. The van der Waals surface area contributed by atoms with Gasteiger partial charge in [0.2, 0.25) is 5.89 Å². The lowest BCUT2D eigenvalue weighted by Crippen LogP contribution is -1.94. The van der Waals surface area contributed by atoms with Crippen LogP contribution < -0.4 is 0 Å². The van der Waals surface area contributed by atoms with Crippen LogP contribution in [0.4, 0.5) is 0 Å². The number of carboxylic acid groups (broad SMARTS) is 1. The number of hydrogen-bond acceptors (Lipinski definition) is 3. The molecular formula is C14H7BrClNO3. The molecule has 1 aromatic heterocycles. The second-order valence-electron chi connectivity index (χ2n) is 4.11. The van der Waals surface area contributed by atoms with E-state index in [0.29, 0.717) is 27.6 Å². The summed E-state index contributed by atoms with van der Waals surface area (Å²) in [5.41, 5.74) is 1.81. The highest BCUT2D eigenvalue weighted by atomic mass is 79.9. The van der Waals surface area contributed by atoms with Crippen molar-refractivity contribution in [2.24, 2.45) is 0 Å². The zero-order valence-corrected chi connectivity index (χ0v) is 12.3. The summed E-state index contributed by atoms with van der Waals surface area (Å²) < 4.78 is 6.36. The van der Waals surface area contributed by atoms with E-state index in [0.717, 1.165) is 4.47 Å². The Morgan fingerprint density at radius 1 is 1.30 bits per heavy atom. The molecule has 0 aliphatic carbocycles. The molecule has 0 saturated heterocycles. The maximum Gasteiger partial charge on any atom is 0.335 e. The molecule has 0 aliphatic rings. The molecule has 3 rings (SSSR count). The van der Waals surface area contributed by atoms with Gasteiger partial charge in [-0.05, 0) is 46.3 Å². The van der Waals surface area contributed by atoms with Gasteiger partial charge in [0.1, 0.15) is 5.52 Å². The van der Waals surface area contributed by atoms with Crippen molar-refractivity contribution in [3.05, 3.63) is 51.5 Å². The van der Waals surface area contributed by atoms with Crippen LogP contribution in [0.15, 0.2) is 45.3 Å². The Morgan fingerprint density at radius 3 is 2.85 bits per heavy atom. The molecule has 2 aromatic carbocycles. The molecule has 6 heteroatoms. The second kappa shape index (κ2) is 4.92. The number of nitrogens with zero attached hydrogens (tertiary/aromatic N) is 1. The molecule has 0 unspecified atom stereocenters. The fourth-order valence-electron chi connectivity index (χ4n) is 1.84. The third-order valence-electron chi connectivity index (χ3n) is 2.82. The molecule has 0 atom stereocenters. The van der Waals surface area contributed by atoms with Gasteiger partial charge in [0, 0.05) is 4.47 Å². The van der Waals surface area contributed by atoms with Gasteiger partial charge in [-0.2, -0.15) is 0 Å². The molecule has 0 fully saturated rings. The number of halogens is 2. The maximum atomic E-state index is 10.9. The Labute approximate surface area is 127 Å². The van der Waals surface area contributed by atoms with Crippen LogP contribution in [0.5, 0.6) is 0 Å². The van der Waals surface area contributed by atoms with Crippen LogP contribution in [0, 0.1) is 0 Å². The van der Waals surface area contributed by atoms with E-state index in [2.05, 4.69) is 20.9 Å². The molecule has 100 valence electrons. The van der Waals surface area contributed by atoms with Crippen molar-refractivity contribution in [3.8, 4) is 11.5 Å². The van der Waals surface area contributed by atoms with Gasteiger partial charge in [-0.25, -0.2) is 9.78 Å². The quantitative estimate of drug-likeness (QED) is 0.731. The van der Waals surface area contributed by atoms with Gasteiger partial charge in [-0.3, -0.25) is 0 Å². The zero-order chi connectivity index (χ0) is 14.3. The topological polar surface area (TPSA) is 63.3 Å². The van der Waals surface area contributed by atoms with Gasteiger partial charge in [0.15, 0.2) is 5.58 Å². The molecule has 1 N–H and O–H groups in total. The monoisotopic (exact) mass is 351 g/mol. The fraction of sp³-hybridized carbons (Fsp3) is 0. The Balaban J connectivity index is 2.18. The first kappa shape index (κ1) is 13.1. The summed E-state index contributed by atoms with van der Waals surface area (Å²) in [6, 6.07) is 9.95. The highest BCUT2D eigenvalue weighted by Gasteiger charge is 2.14. The average molecular weight is 353 g/mol. The largest absolute Gasteiger partial charge is 0.478 e. The zero-order valence-electron chi connectivity index (χ0n) is 9.93. The lowest BCUT2D eigenvalue weighted by atomic mass is 10.2. The van der Waals surface area contributed by atoms with Crippen molar-refractivity contribution < 1.29 is 14.3 Å². The Morgan fingerprint density at radius 2 is 2.10 bits per heavy atom. The van der Waals surface area contributed by atoms with E-state index in [1.54, 1.807) is 12.1 Å². The third-order valence-corrected chi connectivity index (χ3v) is 4.11. The van der Waals surface area contributed by atoms with Gasteiger partial charge in [-0.1, -0.05) is 17.7 Å². The Hall–Kier alpha value is -1.85. The van der Waals surface area contributed by atoms with Crippen LogP contribution in [0.2, 0.25) is 5.02 Å². The first-order valence-corrected chi connectivity index (χ1v) is 6.81. The number of hydrogen-bond donors (Lipinski definition) is 1. The van der Waals surface area contributed by atoms with Crippen LogP contribution in [0.1, 0.15) is 10.4 Å². The molecule has 0 amide bonds. The number of oxazole rings is 1. The van der Waals surface area contributed by atoms with Crippen LogP contribution in [-0.2, 0) is 0 Å². The standard InChI is InChI=1S/C14H7BrClNO3/c15-9-3-1-2-8(12(9)16)13-17-10-6-7(14(18)19)4-5-11(10)20-13/h1-6H,(H,18,19). The molecular weight excluding hydrogens is 346 g/mol. The highest BCUT2D eigenvalue weighted by Crippen LogP contribution is 2.34. The smallest absolute Gasteiger partial charge is 0.335 e. The minimum Gasteiger partial charge on any atom is -0.478 e. The number of aromatic nitrogens is 1. The third kappa shape index (κ3) is 2.19. The maximum absolute atomic E-state index is 10.9. The molecule has 0 aliphatic heterocycles. The number of aromatic carboxylic acids is 1. The SMILES string of the molecule is O=C(O)c1ccc2oc(-c3cccc(Br)c3Cl)nc2c1. The molecule has 4 nitrogen and oxygen atoms in total. The molecule has 20 heavy (non-hydrogen) atoms. The molecule has 0 bridgehead atoms. The summed E-state index contributed by atoms with van der Waals surface area (Å²) in [5.74, 6) is -0.647. The van der Waals surface area contributed by atoms with E-state index in [4.69, 9.17) is 21.1 Å². The normalized spacial score (nSPS) is 10.9. The summed E-state index contributed by atoms with van der Waals surface area (Å²) in [7, 11) is 0. The van der Waals surface area contributed by atoms with E-state index in [-0.39, 0.29) is 5.56 Å². The summed E-state index contributed by atoms with van der Waals surface area (Å²) in [6.07, 6.45) is 0. The van der Waals surface area contributed by atoms with Crippen LogP contribution in [-0.4, -0.2) is 16.1 Å². The van der Waals surface area contributed by atoms with Crippen molar-refractivity contribution in [3.63, 3.8) is 0 Å². The van der Waals surface area contributed by atoms with Crippen molar-refractivity contribution in [1.82, 2.24) is 4.98 Å². The van der Waals surface area contributed by atoms with Gasteiger partial charge >= 0.3 is 5.97 Å². The van der Waals surface area contributed by atoms with Crippen molar-refractivity contribution in [1.29, 1.82) is 0 Å². The molecule has 0 radical (unpaired) electrons. The molecule has 0 saturated carbocycles. The van der Waals surface area contributed by atoms with Crippen LogP contribution >= 0.6 is 27.5 Å². The van der Waals surface area contributed by atoms with E-state index >= 15 is 0 Å². The van der Waals surface area contributed by atoms with Gasteiger partial charge < -0.3 is 9.52 Å². The van der Waals surface area contributed by atoms with Crippen LogP contribution in [0.25, 0.3) is 22.6 Å². The summed E-state index contributed by atoms with van der Waals surface area (Å²) in [5, 5.41) is 9.46. The minimum atomic E-state index is -1.00. The summed E-state index contributed by atoms with van der Waals surface area (Å²) in [4.78, 5) is 15.2. The van der Waals surface area contributed by atoms with E-state index in [1.165, 1.54) is 12.1 Å². The summed E-state index contributed by atoms with van der Waals surface area (Å²) in [6.45, 7) is 0. The lowest BCUT2D eigenvalue weighted by molar-refractivity contribution is 0.0697. The Kier molecular flexibility index (Phi) is 3.23. The second-order valence-corrected chi connectivity index (χ2v) is 5.34. The van der Waals surface area contributed by atoms with Crippen molar-refractivity contribution in [2.45, 2.75) is 0 Å². The highest BCUT2D eigenvalue weighted by molar-refractivity contribution is 9.10. The summed E-state index contributed by atoms with van der Waals surface area (Å²) >= 11 is 9.53. The molecule has 1 heterocycles. The van der Waals surface area contributed by atoms with E-state index in [9.17, 15) is 4.79 Å². The van der Waals surface area contributed by atoms with Gasteiger partial charge in [-0.15, -0.1) is 0 Å². The number of carboxylic acids is 1. The number of rotatable bonds is 2. The molecule has 3 aromatic rings. The van der Waals surface area contributed by atoms with Crippen LogP contribution in [0.3, 0.4) is 0 Å². The first-order chi connectivity index (χ1) is 9.56. The molecule has 0 spiro atoms. The fourth-order valence-corrected chi connectivity index (χ4v) is 2.42.